The van der Waals surface area contributed by atoms with E-state index < -0.39 is 11.6 Å². The van der Waals surface area contributed by atoms with Crippen molar-refractivity contribution >= 4 is 11.0 Å². The summed E-state index contributed by atoms with van der Waals surface area (Å²) >= 11 is 0. The SMILES string of the molecule is Fc1cccc(Cc2cnoc2-c2c[nH]c3ncccc23)c1F. The molecule has 0 amide bonds. The van der Waals surface area contributed by atoms with E-state index in [9.17, 15) is 8.78 Å². The molecule has 0 fully saturated rings. The summed E-state index contributed by atoms with van der Waals surface area (Å²) in [5, 5.41) is 4.69. The molecule has 0 saturated carbocycles. The molecule has 0 saturated heterocycles. The summed E-state index contributed by atoms with van der Waals surface area (Å²) in [6, 6.07) is 7.85. The Bertz CT molecular complexity index is 990. The monoisotopic (exact) mass is 311 g/mol. The van der Waals surface area contributed by atoms with Crippen molar-refractivity contribution in [3.05, 3.63) is 71.7 Å². The second-order valence-electron chi connectivity index (χ2n) is 5.17. The minimum atomic E-state index is -0.864. The van der Waals surface area contributed by atoms with Crippen LogP contribution in [0.1, 0.15) is 11.1 Å². The van der Waals surface area contributed by atoms with Gasteiger partial charge >= 0.3 is 0 Å². The number of nitrogens with zero attached hydrogens (tertiary/aromatic N) is 2. The topological polar surface area (TPSA) is 54.7 Å². The Hall–Kier alpha value is -3.02. The molecular formula is C17H11F2N3O. The highest BCUT2D eigenvalue weighted by Crippen LogP contribution is 2.31. The van der Waals surface area contributed by atoms with Gasteiger partial charge in [0.25, 0.3) is 0 Å². The molecule has 3 heterocycles. The summed E-state index contributed by atoms with van der Waals surface area (Å²) in [5.41, 5.74) is 2.45. The number of hydrogen-bond donors (Lipinski definition) is 1. The van der Waals surface area contributed by atoms with Crippen molar-refractivity contribution < 1.29 is 13.3 Å². The minimum Gasteiger partial charge on any atom is -0.356 e. The zero-order chi connectivity index (χ0) is 15.8. The van der Waals surface area contributed by atoms with E-state index in [0.29, 0.717) is 11.3 Å². The number of rotatable bonds is 3. The van der Waals surface area contributed by atoms with E-state index in [-0.39, 0.29) is 12.0 Å². The molecule has 0 bridgehead atoms. The molecular weight excluding hydrogens is 300 g/mol. The van der Waals surface area contributed by atoms with Crippen LogP contribution in [0.3, 0.4) is 0 Å². The van der Waals surface area contributed by atoms with Crippen LogP contribution in [-0.4, -0.2) is 15.1 Å². The van der Waals surface area contributed by atoms with E-state index >= 15 is 0 Å². The van der Waals surface area contributed by atoms with Gasteiger partial charge in [-0.1, -0.05) is 17.3 Å². The van der Waals surface area contributed by atoms with E-state index in [2.05, 4.69) is 15.1 Å². The molecule has 1 aromatic carbocycles. The van der Waals surface area contributed by atoms with Gasteiger partial charge in [-0.2, -0.15) is 0 Å². The van der Waals surface area contributed by atoms with E-state index in [1.54, 1.807) is 18.5 Å². The van der Waals surface area contributed by atoms with Crippen LogP contribution in [-0.2, 0) is 6.42 Å². The lowest BCUT2D eigenvalue weighted by Crippen LogP contribution is -1.95. The summed E-state index contributed by atoms with van der Waals surface area (Å²) in [4.78, 5) is 7.28. The van der Waals surface area contributed by atoms with Crippen molar-refractivity contribution in [2.75, 3.05) is 0 Å². The molecule has 4 aromatic rings. The second kappa shape index (κ2) is 5.31. The molecule has 0 atom stereocenters. The Morgan fingerprint density at radius 1 is 1.09 bits per heavy atom. The highest BCUT2D eigenvalue weighted by atomic mass is 19.2. The highest BCUT2D eigenvalue weighted by Gasteiger charge is 2.17. The molecule has 3 aromatic heterocycles. The number of hydrogen-bond acceptors (Lipinski definition) is 3. The molecule has 4 rings (SSSR count). The molecule has 0 aliphatic heterocycles. The highest BCUT2D eigenvalue weighted by molar-refractivity contribution is 5.92. The number of nitrogens with one attached hydrogen (secondary N) is 1. The fourth-order valence-electron chi connectivity index (χ4n) is 2.64. The van der Waals surface area contributed by atoms with Crippen LogP contribution in [0.5, 0.6) is 0 Å². The summed E-state index contributed by atoms with van der Waals surface area (Å²) < 4.78 is 32.6. The number of aromatic amines is 1. The normalized spacial score (nSPS) is 11.2. The lowest BCUT2D eigenvalue weighted by Gasteiger charge is -2.03. The van der Waals surface area contributed by atoms with Crippen LogP contribution in [0.2, 0.25) is 0 Å². The third-order valence-corrected chi connectivity index (χ3v) is 3.75. The van der Waals surface area contributed by atoms with Crippen molar-refractivity contribution in [3.8, 4) is 11.3 Å². The van der Waals surface area contributed by atoms with E-state index in [0.717, 1.165) is 22.7 Å². The number of fused-ring (bicyclic) bond motifs is 1. The van der Waals surface area contributed by atoms with Crippen molar-refractivity contribution in [3.63, 3.8) is 0 Å². The molecule has 0 aliphatic rings. The van der Waals surface area contributed by atoms with Crippen LogP contribution in [0.25, 0.3) is 22.4 Å². The van der Waals surface area contributed by atoms with E-state index in [4.69, 9.17) is 4.52 Å². The third kappa shape index (κ3) is 2.28. The van der Waals surface area contributed by atoms with Gasteiger partial charge in [0.05, 0.1) is 6.20 Å². The second-order valence-corrected chi connectivity index (χ2v) is 5.17. The molecule has 4 nitrogen and oxygen atoms in total. The average Bonchev–Trinajstić information content (AvgIpc) is 3.18. The number of benzene rings is 1. The lowest BCUT2D eigenvalue weighted by atomic mass is 10.0. The van der Waals surface area contributed by atoms with Crippen LogP contribution in [0.4, 0.5) is 8.78 Å². The van der Waals surface area contributed by atoms with Crippen LogP contribution >= 0.6 is 0 Å². The van der Waals surface area contributed by atoms with Gasteiger partial charge in [-0.15, -0.1) is 0 Å². The van der Waals surface area contributed by atoms with E-state index in [1.165, 1.54) is 12.3 Å². The first-order valence-electron chi connectivity index (χ1n) is 7.03. The van der Waals surface area contributed by atoms with Crippen molar-refractivity contribution in [2.45, 2.75) is 6.42 Å². The number of halogens is 2. The Morgan fingerprint density at radius 3 is 2.91 bits per heavy atom. The Kier molecular flexibility index (Phi) is 3.15. The summed E-state index contributed by atoms with van der Waals surface area (Å²) in [6.07, 6.45) is 5.17. The van der Waals surface area contributed by atoms with E-state index in [1.807, 2.05) is 12.1 Å². The molecule has 0 radical (unpaired) electrons. The van der Waals surface area contributed by atoms with Gasteiger partial charge in [0.15, 0.2) is 17.4 Å². The predicted octanol–water partition coefficient (Wildman–Crippen LogP) is 4.09. The standard InChI is InChI=1S/C17H11F2N3O/c18-14-5-1-3-10(15(14)19)7-11-8-22-23-16(11)13-9-21-17-12(13)4-2-6-20-17/h1-6,8-9H,7H2,(H,20,21). The average molecular weight is 311 g/mol. The number of H-pyrrole nitrogens is 1. The fourth-order valence-corrected chi connectivity index (χ4v) is 2.64. The number of aromatic nitrogens is 3. The molecule has 114 valence electrons. The van der Waals surface area contributed by atoms with Gasteiger partial charge in [-0.05, 0) is 23.8 Å². The van der Waals surface area contributed by atoms with Crippen molar-refractivity contribution in [1.82, 2.24) is 15.1 Å². The maximum Gasteiger partial charge on any atom is 0.172 e. The first kappa shape index (κ1) is 13.6. The zero-order valence-electron chi connectivity index (χ0n) is 11.9. The molecule has 6 heteroatoms. The van der Waals surface area contributed by atoms with Crippen molar-refractivity contribution in [1.29, 1.82) is 0 Å². The third-order valence-electron chi connectivity index (χ3n) is 3.75. The van der Waals surface area contributed by atoms with Gasteiger partial charge in [0, 0.05) is 35.3 Å². The predicted molar refractivity (Wildman–Crippen MR) is 80.8 cm³/mol. The first-order valence-corrected chi connectivity index (χ1v) is 7.03. The maximum atomic E-state index is 13.9. The van der Waals surface area contributed by atoms with Gasteiger partial charge in [-0.25, -0.2) is 13.8 Å². The molecule has 0 aliphatic carbocycles. The minimum absolute atomic E-state index is 0.190. The maximum absolute atomic E-state index is 13.9. The van der Waals surface area contributed by atoms with Crippen LogP contribution in [0.15, 0.2) is 53.4 Å². The van der Waals surface area contributed by atoms with Crippen molar-refractivity contribution in [2.24, 2.45) is 0 Å². The molecule has 0 spiro atoms. The fraction of sp³-hybridized carbons (Fsp3) is 0.0588. The van der Waals surface area contributed by atoms with Gasteiger partial charge in [0.1, 0.15) is 5.65 Å². The summed E-state index contributed by atoms with van der Waals surface area (Å²) in [6.45, 7) is 0. The Balaban J connectivity index is 1.78. The Morgan fingerprint density at radius 2 is 2.00 bits per heavy atom. The largest absolute Gasteiger partial charge is 0.356 e. The smallest absolute Gasteiger partial charge is 0.172 e. The van der Waals surface area contributed by atoms with Crippen LogP contribution in [0, 0.1) is 11.6 Å². The number of pyridine rings is 1. The quantitative estimate of drug-likeness (QED) is 0.620. The van der Waals surface area contributed by atoms with Gasteiger partial charge in [-0.3, -0.25) is 0 Å². The molecule has 1 N–H and O–H groups in total. The lowest BCUT2D eigenvalue weighted by molar-refractivity contribution is 0.432. The summed E-state index contributed by atoms with van der Waals surface area (Å²) in [5.74, 6) is -1.19. The zero-order valence-corrected chi connectivity index (χ0v) is 11.9. The first-order chi connectivity index (χ1) is 11.2. The van der Waals surface area contributed by atoms with Gasteiger partial charge < -0.3 is 9.51 Å². The Labute approximate surface area is 129 Å². The van der Waals surface area contributed by atoms with Crippen LogP contribution < -0.4 is 0 Å². The molecule has 23 heavy (non-hydrogen) atoms. The van der Waals surface area contributed by atoms with Gasteiger partial charge in [0.2, 0.25) is 0 Å². The molecule has 0 unspecified atom stereocenters. The summed E-state index contributed by atoms with van der Waals surface area (Å²) in [7, 11) is 0.